The normalized spacial score (nSPS) is 10.5. The minimum atomic E-state index is -0.507. The molecule has 3 aromatic carbocycles. The lowest BCUT2D eigenvalue weighted by atomic mass is 10.0. The van der Waals surface area contributed by atoms with Crippen molar-refractivity contribution in [1.29, 1.82) is 5.26 Å². The van der Waals surface area contributed by atoms with Gasteiger partial charge in [-0.3, -0.25) is 10.1 Å². The lowest BCUT2D eigenvalue weighted by molar-refractivity contribution is 0.0978. The molecule has 5 nitrogen and oxygen atoms in total. The number of nitriles is 1. The number of fused-ring (bicyclic) bond motifs is 1. The Morgan fingerprint density at radius 3 is 2.56 bits per heavy atom. The summed E-state index contributed by atoms with van der Waals surface area (Å²) in [5, 5.41) is 12.9. The molecule has 0 radical (unpaired) electrons. The number of pyridine rings is 1. The molecule has 4 rings (SSSR count). The Morgan fingerprint density at radius 1 is 1.09 bits per heavy atom. The summed E-state index contributed by atoms with van der Waals surface area (Å²) in [4.78, 5) is 19.5. The number of amides is 1. The van der Waals surface area contributed by atoms with Gasteiger partial charge >= 0.3 is 0 Å². The van der Waals surface area contributed by atoms with Gasteiger partial charge in [-0.1, -0.05) is 60.1 Å². The number of halogens is 2. The fourth-order valence-corrected chi connectivity index (χ4v) is 4.08. The predicted octanol–water partition coefficient (Wildman–Crippen LogP) is 6.13. The zero-order valence-corrected chi connectivity index (χ0v) is 19.4. The van der Waals surface area contributed by atoms with Crippen LogP contribution < -0.4 is 10.2 Å². The Bertz CT molecular complexity index is 1440. The lowest BCUT2D eigenvalue weighted by Gasteiger charge is -2.25. The van der Waals surface area contributed by atoms with Gasteiger partial charge in [0.05, 0.1) is 35.0 Å². The van der Waals surface area contributed by atoms with E-state index in [1.807, 2.05) is 42.5 Å². The second-order valence-electron chi connectivity index (χ2n) is 7.32. The largest absolute Gasteiger partial charge is 0.315 e. The molecule has 8 heteroatoms. The van der Waals surface area contributed by atoms with Gasteiger partial charge in [-0.25, -0.2) is 9.37 Å². The first-order chi connectivity index (χ1) is 16.5. The van der Waals surface area contributed by atoms with E-state index in [0.717, 1.165) is 0 Å². The number of carbonyl (C=O) groups excluding carboxylic acids is 1. The zero-order valence-electron chi connectivity index (χ0n) is 17.8. The summed E-state index contributed by atoms with van der Waals surface area (Å²) >= 11 is 11.8. The molecule has 0 unspecified atom stereocenters. The number of hydrogen-bond acceptors (Lipinski definition) is 4. The van der Waals surface area contributed by atoms with Crippen LogP contribution in [0.3, 0.4) is 0 Å². The first kappa shape index (κ1) is 23.3. The number of aromatic nitrogens is 1. The fourth-order valence-electron chi connectivity index (χ4n) is 3.57. The highest BCUT2D eigenvalue weighted by molar-refractivity contribution is 7.80. The van der Waals surface area contributed by atoms with E-state index >= 15 is 0 Å². The van der Waals surface area contributed by atoms with E-state index in [1.54, 1.807) is 36.4 Å². The third kappa shape index (κ3) is 4.88. The molecule has 1 amide bonds. The van der Waals surface area contributed by atoms with Crippen LogP contribution in [0.4, 0.5) is 10.1 Å². The summed E-state index contributed by atoms with van der Waals surface area (Å²) in [6, 6.07) is 24.2. The summed E-state index contributed by atoms with van der Waals surface area (Å²) in [7, 11) is 0. The zero-order chi connectivity index (χ0) is 24.1. The van der Waals surface area contributed by atoms with E-state index in [-0.39, 0.29) is 23.8 Å². The smallest absolute Gasteiger partial charge is 0.258 e. The third-order valence-electron chi connectivity index (χ3n) is 5.17. The molecule has 0 saturated heterocycles. The van der Waals surface area contributed by atoms with Crippen LogP contribution in [0.1, 0.15) is 16.8 Å². The van der Waals surface area contributed by atoms with Crippen molar-refractivity contribution in [2.45, 2.75) is 6.42 Å². The molecule has 1 heterocycles. The van der Waals surface area contributed by atoms with Crippen LogP contribution in [-0.2, 0) is 0 Å². The van der Waals surface area contributed by atoms with Crippen LogP contribution in [0.5, 0.6) is 0 Å². The van der Waals surface area contributed by atoms with Gasteiger partial charge < -0.3 is 4.90 Å². The molecular formula is C26H18ClFN4OS. The predicted molar refractivity (Wildman–Crippen MR) is 136 cm³/mol. The number of nitrogens with one attached hydrogen (secondary N) is 1. The molecule has 0 aliphatic carbocycles. The maximum Gasteiger partial charge on any atom is 0.258 e. The number of para-hydroxylation sites is 2. The highest BCUT2D eigenvalue weighted by Gasteiger charge is 2.21. The van der Waals surface area contributed by atoms with Gasteiger partial charge in [-0.2, -0.15) is 5.26 Å². The number of nitrogens with zero attached hydrogens (tertiary/aromatic N) is 3. The summed E-state index contributed by atoms with van der Waals surface area (Å²) in [5.74, 6) is -0.984. The molecule has 0 fully saturated rings. The van der Waals surface area contributed by atoms with Crippen molar-refractivity contribution in [2.24, 2.45) is 0 Å². The average molecular weight is 489 g/mol. The van der Waals surface area contributed by atoms with E-state index in [0.29, 0.717) is 32.7 Å². The minimum Gasteiger partial charge on any atom is -0.315 e. The maximum absolute atomic E-state index is 14.5. The Labute approximate surface area is 206 Å². The quantitative estimate of drug-likeness (QED) is 0.342. The summed E-state index contributed by atoms with van der Waals surface area (Å²) in [6.45, 7) is 0.124. The van der Waals surface area contributed by atoms with E-state index in [4.69, 9.17) is 29.1 Å². The SMILES string of the molecule is N#CCCN(C(=S)NC(=O)c1cc(-c2ccccc2Cl)nc2ccccc12)c1ccccc1F. The van der Waals surface area contributed by atoms with Gasteiger partial charge in [-0.05, 0) is 42.5 Å². The van der Waals surface area contributed by atoms with Crippen molar-refractivity contribution >= 4 is 51.4 Å². The van der Waals surface area contributed by atoms with Crippen LogP contribution >= 0.6 is 23.8 Å². The molecule has 0 aliphatic rings. The van der Waals surface area contributed by atoms with Crippen molar-refractivity contribution in [3.05, 3.63) is 95.3 Å². The Kier molecular flexibility index (Phi) is 7.12. The van der Waals surface area contributed by atoms with Crippen LogP contribution in [0.15, 0.2) is 78.9 Å². The van der Waals surface area contributed by atoms with Crippen molar-refractivity contribution in [3.63, 3.8) is 0 Å². The van der Waals surface area contributed by atoms with E-state index in [9.17, 15) is 9.18 Å². The molecule has 0 bridgehead atoms. The molecular weight excluding hydrogens is 471 g/mol. The third-order valence-corrected chi connectivity index (χ3v) is 5.82. The number of hydrogen-bond donors (Lipinski definition) is 1. The van der Waals surface area contributed by atoms with E-state index < -0.39 is 11.7 Å². The molecule has 0 atom stereocenters. The van der Waals surface area contributed by atoms with Crippen molar-refractivity contribution in [2.75, 3.05) is 11.4 Å². The molecule has 0 saturated carbocycles. The standard InChI is InChI=1S/C26H18ClFN4OS/c27-20-10-3-1-9-18(20)23-16-19(17-8-2-5-12-22(17)30-23)25(33)31-26(34)32(15-7-14-29)24-13-6-4-11-21(24)28/h1-6,8-13,16H,7,15H2,(H,31,33,34). The number of anilines is 1. The van der Waals surface area contributed by atoms with E-state index in [1.165, 1.54) is 11.0 Å². The number of benzene rings is 3. The first-order valence-electron chi connectivity index (χ1n) is 10.4. The summed E-state index contributed by atoms with van der Waals surface area (Å²) < 4.78 is 14.5. The Hall–Kier alpha value is -3.86. The topological polar surface area (TPSA) is 69.0 Å². The molecule has 0 spiro atoms. The Balaban J connectivity index is 1.72. The van der Waals surface area contributed by atoms with Crippen molar-refractivity contribution in [3.8, 4) is 17.3 Å². The molecule has 1 N–H and O–H groups in total. The fraction of sp³-hybridized carbons (Fsp3) is 0.0769. The van der Waals surface area contributed by atoms with Crippen LogP contribution in [0.2, 0.25) is 5.02 Å². The monoisotopic (exact) mass is 488 g/mol. The van der Waals surface area contributed by atoms with Gasteiger partial charge in [0.15, 0.2) is 5.11 Å². The summed E-state index contributed by atoms with van der Waals surface area (Å²) in [6.07, 6.45) is 0.0964. The minimum absolute atomic E-state index is 0.00876. The molecule has 1 aromatic heterocycles. The molecule has 0 aliphatic heterocycles. The number of carbonyl (C=O) groups is 1. The van der Waals surface area contributed by atoms with Crippen molar-refractivity contribution < 1.29 is 9.18 Å². The van der Waals surface area contributed by atoms with Gasteiger partial charge in [0.1, 0.15) is 5.82 Å². The highest BCUT2D eigenvalue weighted by Crippen LogP contribution is 2.30. The molecule has 168 valence electrons. The van der Waals surface area contributed by atoms with Crippen LogP contribution in [0, 0.1) is 17.1 Å². The van der Waals surface area contributed by atoms with Gasteiger partial charge in [-0.15, -0.1) is 0 Å². The summed E-state index contributed by atoms with van der Waals surface area (Å²) in [5.41, 5.74) is 2.37. The van der Waals surface area contributed by atoms with Crippen molar-refractivity contribution in [1.82, 2.24) is 10.3 Å². The number of rotatable bonds is 5. The van der Waals surface area contributed by atoms with Crippen LogP contribution in [-0.4, -0.2) is 22.5 Å². The lowest BCUT2D eigenvalue weighted by Crippen LogP contribution is -2.43. The molecule has 34 heavy (non-hydrogen) atoms. The van der Waals surface area contributed by atoms with Gasteiger partial charge in [0.25, 0.3) is 5.91 Å². The second-order valence-corrected chi connectivity index (χ2v) is 8.12. The highest BCUT2D eigenvalue weighted by atomic mass is 35.5. The first-order valence-corrected chi connectivity index (χ1v) is 11.2. The Morgan fingerprint density at radius 2 is 1.79 bits per heavy atom. The van der Waals surface area contributed by atoms with Gasteiger partial charge in [0, 0.05) is 22.5 Å². The van der Waals surface area contributed by atoms with E-state index in [2.05, 4.69) is 10.3 Å². The maximum atomic E-state index is 14.5. The van der Waals surface area contributed by atoms with Crippen LogP contribution in [0.25, 0.3) is 22.2 Å². The average Bonchev–Trinajstić information content (AvgIpc) is 2.85. The van der Waals surface area contributed by atoms with Gasteiger partial charge in [0.2, 0.25) is 0 Å². The number of thiocarbonyl (C=S) groups is 1. The molecule has 4 aromatic rings. The second kappa shape index (κ2) is 10.4.